The number of aromatic nitrogens is 1. The summed E-state index contributed by atoms with van der Waals surface area (Å²) in [6.07, 6.45) is 5.58. The first-order valence-electron chi connectivity index (χ1n) is 7.23. The number of nitrogens with one attached hydrogen (secondary N) is 1. The number of likely N-dealkylation sites (tertiary alicyclic amines) is 1. The Morgan fingerprint density at radius 1 is 1.45 bits per heavy atom. The molecule has 1 aromatic rings. The van der Waals surface area contributed by atoms with Crippen molar-refractivity contribution < 1.29 is 9.53 Å². The van der Waals surface area contributed by atoms with Crippen molar-refractivity contribution in [2.24, 2.45) is 0 Å². The van der Waals surface area contributed by atoms with Gasteiger partial charge in [-0.1, -0.05) is 6.42 Å². The molecule has 0 aromatic carbocycles. The molecule has 0 aliphatic carbocycles. The van der Waals surface area contributed by atoms with Gasteiger partial charge in [0.1, 0.15) is 11.4 Å². The molecule has 2 rings (SSSR count). The van der Waals surface area contributed by atoms with Crippen LogP contribution in [0.3, 0.4) is 0 Å². The zero-order valence-corrected chi connectivity index (χ0v) is 12.3. The Bertz CT molecular complexity index is 444. The summed E-state index contributed by atoms with van der Waals surface area (Å²) in [5, 5.41) is 3.32. The normalized spacial score (nSPS) is 17.5. The largest absolute Gasteiger partial charge is 0.465 e. The van der Waals surface area contributed by atoms with Crippen LogP contribution in [0.4, 0.5) is 5.82 Å². The standard InChI is InChI=1S/C15H23N3O2/c1-12(11-18-9-4-3-5-10-18)17-14-13(15(19)20-2)7-6-8-16-14/h6-8,12H,3-5,9-11H2,1-2H3,(H,16,17). The maximum Gasteiger partial charge on any atom is 0.341 e. The van der Waals surface area contributed by atoms with E-state index in [9.17, 15) is 4.79 Å². The molecule has 20 heavy (non-hydrogen) atoms. The van der Waals surface area contributed by atoms with E-state index in [1.54, 1.807) is 18.3 Å². The number of esters is 1. The van der Waals surface area contributed by atoms with Crippen LogP contribution in [-0.4, -0.2) is 48.6 Å². The molecule has 0 radical (unpaired) electrons. The zero-order valence-electron chi connectivity index (χ0n) is 12.3. The van der Waals surface area contributed by atoms with Gasteiger partial charge in [-0.15, -0.1) is 0 Å². The predicted molar refractivity (Wildman–Crippen MR) is 79.0 cm³/mol. The maximum absolute atomic E-state index is 11.7. The predicted octanol–water partition coefficient (Wildman–Crippen LogP) is 2.15. The van der Waals surface area contributed by atoms with Crippen molar-refractivity contribution in [3.8, 4) is 0 Å². The van der Waals surface area contributed by atoms with E-state index < -0.39 is 0 Å². The van der Waals surface area contributed by atoms with Crippen molar-refractivity contribution in [2.75, 3.05) is 32.1 Å². The summed E-state index contributed by atoms with van der Waals surface area (Å²) in [5.41, 5.74) is 0.487. The van der Waals surface area contributed by atoms with Gasteiger partial charge in [0.25, 0.3) is 0 Å². The molecule has 1 aromatic heterocycles. The first-order chi connectivity index (χ1) is 9.70. The van der Waals surface area contributed by atoms with Crippen molar-refractivity contribution in [1.29, 1.82) is 0 Å². The second kappa shape index (κ2) is 7.24. The molecule has 0 spiro atoms. The Hall–Kier alpha value is -1.62. The Morgan fingerprint density at radius 3 is 2.90 bits per heavy atom. The van der Waals surface area contributed by atoms with Gasteiger partial charge < -0.3 is 15.0 Å². The SMILES string of the molecule is COC(=O)c1cccnc1NC(C)CN1CCCCC1. The molecule has 1 N–H and O–H groups in total. The third-order valence-electron chi connectivity index (χ3n) is 3.58. The van der Waals surface area contributed by atoms with Gasteiger partial charge in [0.05, 0.1) is 7.11 Å². The molecule has 1 unspecified atom stereocenters. The van der Waals surface area contributed by atoms with E-state index in [2.05, 4.69) is 22.1 Å². The fourth-order valence-corrected chi connectivity index (χ4v) is 2.60. The molecule has 5 heteroatoms. The molecule has 1 fully saturated rings. The van der Waals surface area contributed by atoms with Crippen LogP contribution < -0.4 is 5.32 Å². The lowest BCUT2D eigenvalue weighted by atomic mass is 10.1. The number of rotatable bonds is 5. The highest BCUT2D eigenvalue weighted by Gasteiger charge is 2.17. The number of anilines is 1. The first-order valence-corrected chi connectivity index (χ1v) is 7.23. The van der Waals surface area contributed by atoms with E-state index in [4.69, 9.17) is 4.74 Å². The molecule has 0 amide bonds. The third kappa shape index (κ3) is 3.93. The molecular weight excluding hydrogens is 254 g/mol. The molecule has 5 nitrogen and oxygen atoms in total. The van der Waals surface area contributed by atoms with Crippen LogP contribution in [-0.2, 0) is 4.74 Å². The summed E-state index contributed by atoms with van der Waals surface area (Å²) in [5.74, 6) is 0.245. The van der Waals surface area contributed by atoms with Crippen LogP contribution in [0.5, 0.6) is 0 Å². The summed E-state index contributed by atoms with van der Waals surface area (Å²) in [7, 11) is 1.39. The number of hydrogen-bond donors (Lipinski definition) is 1. The molecule has 0 saturated carbocycles. The number of ether oxygens (including phenoxy) is 1. The highest BCUT2D eigenvalue weighted by atomic mass is 16.5. The van der Waals surface area contributed by atoms with Crippen LogP contribution >= 0.6 is 0 Å². The van der Waals surface area contributed by atoms with Gasteiger partial charge in [-0.2, -0.15) is 0 Å². The van der Waals surface area contributed by atoms with Crippen LogP contribution in [0.15, 0.2) is 18.3 Å². The molecule has 1 saturated heterocycles. The van der Waals surface area contributed by atoms with E-state index in [-0.39, 0.29) is 12.0 Å². The van der Waals surface area contributed by atoms with E-state index in [1.807, 2.05) is 0 Å². The number of piperidine rings is 1. The maximum atomic E-state index is 11.7. The van der Waals surface area contributed by atoms with Gasteiger partial charge in [-0.25, -0.2) is 9.78 Å². The van der Waals surface area contributed by atoms with Crippen molar-refractivity contribution in [1.82, 2.24) is 9.88 Å². The monoisotopic (exact) mass is 277 g/mol. The van der Waals surface area contributed by atoms with E-state index in [1.165, 1.54) is 26.4 Å². The second-order valence-corrected chi connectivity index (χ2v) is 5.30. The second-order valence-electron chi connectivity index (χ2n) is 5.30. The summed E-state index contributed by atoms with van der Waals surface area (Å²) in [4.78, 5) is 18.4. The summed E-state index contributed by atoms with van der Waals surface area (Å²) < 4.78 is 4.78. The van der Waals surface area contributed by atoms with E-state index in [0.717, 1.165) is 19.6 Å². The number of carbonyl (C=O) groups is 1. The number of pyridine rings is 1. The molecule has 0 bridgehead atoms. The fourth-order valence-electron chi connectivity index (χ4n) is 2.60. The van der Waals surface area contributed by atoms with Crippen LogP contribution in [0.2, 0.25) is 0 Å². The average Bonchev–Trinajstić information content (AvgIpc) is 2.48. The lowest BCUT2D eigenvalue weighted by Gasteiger charge is -2.29. The van der Waals surface area contributed by atoms with Crippen LogP contribution in [0.1, 0.15) is 36.5 Å². The van der Waals surface area contributed by atoms with Crippen LogP contribution in [0.25, 0.3) is 0 Å². The van der Waals surface area contributed by atoms with Crippen molar-refractivity contribution >= 4 is 11.8 Å². The van der Waals surface area contributed by atoms with Gasteiger partial charge in [-0.3, -0.25) is 0 Å². The minimum atomic E-state index is -0.356. The summed E-state index contributed by atoms with van der Waals surface area (Å²) >= 11 is 0. The van der Waals surface area contributed by atoms with Gasteiger partial charge in [0, 0.05) is 18.8 Å². The Morgan fingerprint density at radius 2 is 2.20 bits per heavy atom. The van der Waals surface area contributed by atoms with Gasteiger partial charge in [-0.05, 0) is 45.0 Å². The van der Waals surface area contributed by atoms with Gasteiger partial charge in [0.15, 0.2) is 0 Å². The number of nitrogens with zero attached hydrogens (tertiary/aromatic N) is 2. The molecular formula is C15H23N3O2. The van der Waals surface area contributed by atoms with Gasteiger partial charge >= 0.3 is 5.97 Å². The highest BCUT2D eigenvalue weighted by molar-refractivity contribution is 5.94. The van der Waals surface area contributed by atoms with Crippen molar-refractivity contribution in [3.63, 3.8) is 0 Å². The van der Waals surface area contributed by atoms with Gasteiger partial charge in [0.2, 0.25) is 0 Å². The molecule has 1 aliphatic rings. The van der Waals surface area contributed by atoms with E-state index in [0.29, 0.717) is 11.4 Å². The highest BCUT2D eigenvalue weighted by Crippen LogP contribution is 2.15. The molecule has 1 aliphatic heterocycles. The van der Waals surface area contributed by atoms with E-state index >= 15 is 0 Å². The minimum absolute atomic E-state index is 0.242. The topological polar surface area (TPSA) is 54.5 Å². The number of methoxy groups -OCH3 is 1. The smallest absolute Gasteiger partial charge is 0.341 e. The summed E-state index contributed by atoms with van der Waals surface area (Å²) in [6, 6.07) is 3.72. The Labute approximate surface area is 120 Å². The number of carbonyl (C=O) groups excluding carboxylic acids is 1. The lowest BCUT2D eigenvalue weighted by molar-refractivity contribution is 0.0601. The van der Waals surface area contributed by atoms with Crippen LogP contribution in [0, 0.1) is 0 Å². The zero-order chi connectivity index (χ0) is 14.4. The molecule has 2 heterocycles. The van der Waals surface area contributed by atoms with Crippen molar-refractivity contribution in [2.45, 2.75) is 32.2 Å². The minimum Gasteiger partial charge on any atom is -0.465 e. The van der Waals surface area contributed by atoms with Crippen molar-refractivity contribution in [3.05, 3.63) is 23.9 Å². The Balaban J connectivity index is 1.96. The fraction of sp³-hybridized carbons (Fsp3) is 0.600. The quantitative estimate of drug-likeness (QED) is 0.836. The third-order valence-corrected chi connectivity index (χ3v) is 3.58. The lowest BCUT2D eigenvalue weighted by Crippen LogP contribution is -2.38. The molecule has 1 atom stereocenters. The Kier molecular flexibility index (Phi) is 5.35. The average molecular weight is 277 g/mol. The molecule has 110 valence electrons. The first kappa shape index (κ1) is 14.8. The summed E-state index contributed by atoms with van der Waals surface area (Å²) in [6.45, 7) is 5.41. The number of hydrogen-bond acceptors (Lipinski definition) is 5.